The van der Waals surface area contributed by atoms with Crippen LogP contribution in [0.4, 0.5) is 10.2 Å². The molecule has 6 rings (SSSR count). The predicted octanol–water partition coefficient (Wildman–Crippen LogP) is 4.15. The van der Waals surface area contributed by atoms with E-state index in [1.807, 2.05) is 33.0 Å². The molecule has 11 heteroatoms. The normalized spacial score (nSPS) is 19.4. The third-order valence-electron chi connectivity index (χ3n) is 8.35. The number of rotatable bonds is 8. The molecule has 3 aromatic rings. The van der Waals surface area contributed by atoms with Crippen LogP contribution in [0, 0.1) is 11.2 Å². The molecule has 4 heterocycles. The summed E-state index contributed by atoms with van der Waals surface area (Å²) in [6.07, 6.45) is 6.53. The highest BCUT2D eigenvalue weighted by Crippen LogP contribution is 2.51. The summed E-state index contributed by atoms with van der Waals surface area (Å²) in [4.78, 5) is 26.0. The number of ether oxygens (including phenoxy) is 2. The van der Waals surface area contributed by atoms with Gasteiger partial charge in [-0.1, -0.05) is 5.10 Å². The molecule has 0 bridgehead atoms. The Bertz CT molecular complexity index is 1440. The second kappa shape index (κ2) is 10.8. The average Bonchev–Trinajstić information content (AvgIpc) is 2.90. The van der Waals surface area contributed by atoms with E-state index in [0.29, 0.717) is 18.4 Å². The standard InChI is InChI=1S/C30H36FN7O3/c1-5-38(18(2)3)28(39)22-11-20(31)6-7-25(22)41-29-35-27(15-34-36-29)37-16-30(17-37)12-21(13-30)40-26-8-9-32-24-10-19(4)33-14-23(24)26/h6-9,11,15,18-19,21,33H,5,10,12-14,16-17H2,1-4H3. The molecular formula is C30H36FN7O3. The van der Waals surface area contributed by atoms with E-state index in [-0.39, 0.29) is 40.8 Å². The van der Waals surface area contributed by atoms with Gasteiger partial charge in [-0.05, 0) is 64.8 Å². The van der Waals surface area contributed by atoms with Gasteiger partial charge in [-0.2, -0.15) is 10.1 Å². The molecule has 1 N–H and O–H groups in total. The number of halogens is 1. The zero-order chi connectivity index (χ0) is 28.7. The molecule has 1 amide bonds. The highest BCUT2D eigenvalue weighted by molar-refractivity contribution is 5.97. The smallest absolute Gasteiger partial charge is 0.343 e. The van der Waals surface area contributed by atoms with Crippen molar-refractivity contribution >= 4 is 11.7 Å². The van der Waals surface area contributed by atoms with Gasteiger partial charge in [0, 0.05) is 61.9 Å². The highest BCUT2D eigenvalue weighted by atomic mass is 19.1. The first-order valence-corrected chi connectivity index (χ1v) is 14.3. The Labute approximate surface area is 239 Å². The summed E-state index contributed by atoms with van der Waals surface area (Å²) in [6.45, 7) is 10.9. The van der Waals surface area contributed by atoms with Gasteiger partial charge in [0.1, 0.15) is 23.4 Å². The number of hydrogen-bond acceptors (Lipinski definition) is 9. The zero-order valence-corrected chi connectivity index (χ0v) is 23.9. The third kappa shape index (κ3) is 5.42. The molecule has 10 nitrogen and oxygen atoms in total. The third-order valence-corrected chi connectivity index (χ3v) is 8.35. The summed E-state index contributed by atoms with van der Waals surface area (Å²) in [5, 5.41) is 11.6. The zero-order valence-electron chi connectivity index (χ0n) is 23.9. The van der Waals surface area contributed by atoms with Crippen molar-refractivity contribution in [2.75, 3.05) is 24.5 Å². The van der Waals surface area contributed by atoms with E-state index in [2.05, 4.69) is 37.3 Å². The first-order valence-electron chi connectivity index (χ1n) is 14.3. The summed E-state index contributed by atoms with van der Waals surface area (Å²) in [5.41, 5.74) is 2.64. The fourth-order valence-electron chi connectivity index (χ4n) is 6.21. The Balaban J connectivity index is 1.08. The summed E-state index contributed by atoms with van der Waals surface area (Å²) in [6, 6.07) is 6.24. The van der Waals surface area contributed by atoms with E-state index in [1.165, 1.54) is 23.8 Å². The number of fused-ring (bicyclic) bond motifs is 1. The molecule has 1 unspecified atom stereocenters. The highest BCUT2D eigenvalue weighted by Gasteiger charge is 2.54. The van der Waals surface area contributed by atoms with E-state index in [1.54, 1.807) is 11.1 Å². The topological polar surface area (TPSA) is 106 Å². The predicted molar refractivity (Wildman–Crippen MR) is 151 cm³/mol. The fourth-order valence-corrected chi connectivity index (χ4v) is 6.21. The van der Waals surface area contributed by atoms with E-state index in [0.717, 1.165) is 50.3 Å². The van der Waals surface area contributed by atoms with Crippen molar-refractivity contribution < 1.29 is 18.7 Å². The Morgan fingerprint density at radius 2 is 2.05 bits per heavy atom. The number of amides is 1. The molecule has 2 aliphatic heterocycles. The Hall–Kier alpha value is -3.86. The van der Waals surface area contributed by atoms with Gasteiger partial charge < -0.3 is 24.6 Å². The maximum atomic E-state index is 14.1. The number of hydrogen-bond donors (Lipinski definition) is 1. The van der Waals surface area contributed by atoms with Crippen LogP contribution in [0.15, 0.2) is 36.7 Å². The lowest BCUT2D eigenvalue weighted by Crippen LogP contribution is -2.65. The van der Waals surface area contributed by atoms with Crippen LogP contribution in [0.2, 0.25) is 0 Å². The van der Waals surface area contributed by atoms with Crippen LogP contribution >= 0.6 is 0 Å². The van der Waals surface area contributed by atoms with E-state index in [4.69, 9.17) is 9.47 Å². The first kappa shape index (κ1) is 27.3. The number of pyridine rings is 1. The van der Waals surface area contributed by atoms with Crippen molar-refractivity contribution in [3.8, 4) is 17.5 Å². The summed E-state index contributed by atoms with van der Waals surface area (Å²) in [7, 11) is 0. The van der Waals surface area contributed by atoms with Gasteiger partial charge in [0.2, 0.25) is 0 Å². The molecule has 1 aliphatic carbocycles. The maximum Gasteiger partial charge on any atom is 0.343 e. The van der Waals surface area contributed by atoms with Crippen molar-refractivity contribution in [3.05, 3.63) is 59.3 Å². The SMILES string of the molecule is CCN(C(=O)c1cc(F)ccc1Oc1nncc(N2CC3(CC(Oc4ccnc5c4CNC(C)C5)C3)C2)n1)C(C)C. The van der Waals surface area contributed by atoms with Crippen molar-refractivity contribution in [2.24, 2.45) is 5.41 Å². The van der Waals surface area contributed by atoms with Crippen LogP contribution in [-0.2, 0) is 13.0 Å². The largest absolute Gasteiger partial charge is 0.490 e. The average molecular weight is 562 g/mol. The summed E-state index contributed by atoms with van der Waals surface area (Å²) in [5.74, 6) is 0.959. The van der Waals surface area contributed by atoms with Crippen molar-refractivity contribution in [3.63, 3.8) is 0 Å². The van der Waals surface area contributed by atoms with E-state index < -0.39 is 5.82 Å². The lowest BCUT2D eigenvalue weighted by Gasteiger charge is -2.58. The minimum atomic E-state index is -0.517. The van der Waals surface area contributed by atoms with Crippen LogP contribution in [-0.4, -0.2) is 68.8 Å². The number of carbonyl (C=O) groups excluding carboxylic acids is 1. The lowest BCUT2D eigenvalue weighted by atomic mass is 9.62. The summed E-state index contributed by atoms with van der Waals surface area (Å²) >= 11 is 0. The Morgan fingerprint density at radius 3 is 2.80 bits per heavy atom. The number of aromatic nitrogens is 4. The number of nitrogens with one attached hydrogen (secondary N) is 1. The molecular weight excluding hydrogens is 525 g/mol. The molecule has 3 aliphatic rings. The minimum Gasteiger partial charge on any atom is -0.490 e. The fraction of sp³-hybridized carbons (Fsp3) is 0.500. The monoisotopic (exact) mass is 561 g/mol. The van der Waals surface area contributed by atoms with Crippen molar-refractivity contribution in [2.45, 2.75) is 71.7 Å². The van der Waals surface area contributed by atoms with Gasteiger partial charge in [-0.15, -0.1) is 0 Å². The Morgan fingerprint density at radius 1 is 1.24 bits per heavy atom. The second-order valence-corrected chi connectivity index (χ2v) is 11.7. The van der Waals surface area contributed by atoms with Crippen LogP contribution < -0.4 is 19.7 Å². The Kier molecular flexibility index (Phi) is 7.23. The number of nitrogens with zero attached hydrogens (tertiary/aromatic N) is 6. The van der Waals surface area contributed by atoms with E-state index in [9.17, 15) is 9.18 Å². The van der Waals surface area contributed by atoms with Gasteiger partial charge in [0.15, 0.2) is 5.82 Å². The van der Waals surface area contributed by atoms with Crippen molar-refractivity contribution in [1.82, 2.24) is 30.4 Å². The van der Waals surface area contributed by atoms with Gasteiger partial charge in [0.25, 0.3) is 5.91 Å². The molecule has 2 fully saturated rings. The maximum absolute atomic E-state index is 14.1. The number of anilines is 1. The van der Waals surface area contributed by atoms with Crippen LogP contribution in [0.25, 0.3) is 0 Å². The molecule has 216 valence electrons. The van der Waals surface area contributed by atoms with Crippen LogP contribution in [0.3, 0.4) is 0 Å². The van der Waals surface area contributed by atoms with Gasteiger partial charge in [-0.3, -0.25) is 9.78 Å². The van der Waals surface area contributed by atoms with Crippen molar-refractivity contribution in [1.29, 1.82) is 0 Å². The van der Waals surface area contributed by atoms with Gasteiger partial charge in [0.05, 0.1) is 17.5 Å². The molecule has 1 atom stereocenters. The molecule has 0 radical (unpaired) electrons. The van der Waals surface area contributed by atoms with Gasteiger partial charge in [-0.25, -0.2) is 4.39 Å². The molecule has 41 heavy (non-hydrogen) atoms. The molecule has 1 saturated carbocycles. The van der Waals surface area contributed by atoms with Crippen LogP contribution in [0.5, 0.6) is 17.5 Å². The van der Waals surface area contributed by atoms with E-state index >= 15 is 0 Å². The molecule has 1 saturated heterocycles. The van der Waals surface area contributed by atoms with Crippen LogP contribution in [0.1, 0.15) is 62.2 Å². The lowest BCUT2D eigenvalue weighted by molar-refractivity contribution is -0.0349. The molecule has 1 aromatic carbocycles. The quantitative estimate of drug-likeness (QED) is 0.434. The van der Waals surface area contributed by atoms with Gasteiger partial charge >= 0.3 is 6.01 Å². The minimum absolute atomic E-state index is 0.0110. The first-order chi connectivity index (χ1) is 19.7. The molecule has 1 spiro atoms. The summed E-state index contributed by atoms with van der Waals surface area (Å²) < 4.78 is 26.4. The molecule has 2 aromatic heterocycles. The number of benzene rings is 1. The second-order valence-electron chi connectivity index (χ2n) is 11.7. The number of carbonyl (C=O) groups is 1.